The third-order valence-electron chi connectivity index (χ3n) is 2.12. The summed E-state index contributed by atoms with van der Waals surface area (Å²) >= 11 is 0. The predicted octanol–water partition coefficient (Wildman–Crippen LogP) is 3.96. The van der Waals surface area contributed by atoms with Crippen LogP contribution in [0.25, 0.3) is 0 Å². The summed E-state index contributed by atoms with van der Waals surface area (Å²) in [7, 11) is 4.16. The second-order valence-electron chi connectivity index (χ2n) is 4.82. The maximum absolute atomic E-state index is 4.15. The van der Waals surface area contributed by atoms with Crippen molar-refractivity contribution in [1.29, 1.82) is 0 Å². The first-order chi connectivity index (χ1) is 7.32. The lowest BCUT2D eigenvalue weighted by molar-refractivity contribution is 0.414. The summed E-state index contributed by atoms with van der Waals surface area (Å²) in [5.74, 6) is 0. The maximum Gasteiger partial charge on any atom is 0.00157 e. The van der Waals surface area contributed by atoms with Crippen LogP contribution in [-0.2, 0) is 0 Å². The zero-order valence-corrected chi connectivity index (χ0v) is 11.4. The summed E-state index contributed by atoms with van der Waals surface area (Å²) in [4.78, 5) is 2.17. The van der Waals surface area contributed by atoms with E-state index in [9.17, 15) is 0 Å². The van der Waals surface area contributed by atoms with Crippen molar-refractivity contribution < 1.29 is 0 Å². The minimum Gasteiger partial charge on any atom is -0.309 e. The number of rotatable bonds is 6. The van der Waals surface area contributed by atoms with E-state index in [-0.39, 0.29) is 0 Å². The van der Waals surface area contributed by atoms with Crippen molar-refractivity contribution in [3.05, 3.63) is 47.6 Å². The summed E-state index contributed by atoms with van der Waals surface area (Å²) < 4.78 is 0. The molecular formula is C15H25N. The van der Waals surface area contributed by atoms with Gasteiger partial charge in [0.05, 0.1) is 0 Å². The molecule has 0 spiro atoms. The van der Waals surface area contributed by atoms with Crippen molar-refractivity contribution in [2.45, 2.75) is 27.2 Å². The molecule has 0 heterocycles. The average molecular weight is 219 g/mol. The Labute approximate surface area is 101 Å². The molecule has 1 nitrogen and oxygen atoms in total. The fraction of sp³-hybridized carbons (Fsp3) is 0.467. The second-order valence-corrected chi connectivity index (χ2v) is 4.82. The quantitative estimate of drug-likeness (QED) is 0.611. The van der Waals surface area contributed by atoms with Crippen LogP contribution in [0.4, 0.5) is 0 Å². The Balaban J connectivity index is 4.72. The van der Waals surface area contributed by atoms with Crippen molar-refractivity contribution in [2.24, 2.45) is 0 Å². The molecule has 0 atom stereocenters. The minimum absolute atomic E-state index is 0.996. The Hall–Kier alpha value is -1.08. The van der Waals surface area contributed by atoms with Crippen LogP contribution >= 0.6 is 0 Å². The van der Waals surface area contributed by atoms with Crippen LogP contribution in [0, 0.1) is 0 Å². The van der Waals surface area contributed by atoms with Gasteiger partial charge in [-0.1, -0.05) is 36.5 Å². The molecule has 0 fully saturated rings. The van der Waals surface area contributed by atoms with Gasteiger partial charge in [0.2, 0.25) is 0 Å². The molecule has 0 aromatic heterocycles. The van der Waals surface area contributed by atoms with Crippen molar-refractivity contribution in [3.8, 4) is 0 Å². The molecule has 1 heteroatoms. The molecule has 0 saturated heterocycles. The fourth-order valence-corrected chi connectivity index (χ4v) is 1.33. The molecule has 90 valence electrons. The zero-order valence-electron chi connectivity index (χ0n) is 11.4. The van der Waals surface area contributed by atoms with Gasteiger partial charge in [-0.3, -0.25) is 0 Å². The normalized spacial score (nSPS) is 11.5. The molecule has 0 aliphatic carbocycles. The van der Waals surface area contributed by atoms with Crippen LogP contribution in [0.2, 0.25) is 0 Å². The van der Waals surface area contributed by atoms with Gasteiger partial charge < -0.3 is 4.90 Å². The maximum atomic E-state index is 4.15. The fourth-order valence-electron chi connectivity index (χ4n) is 1.33. The largest absolute Gasteiger partial charge is 0.309 e. The third-order valence-corrected chi connectivity index (χ3v) is 2.12. The average Bonchev–Trinajstić information content (AvgIpc) is 2.11. The summed E-state index contributed by atoms with van der Waals surface area (Å²) in [6, 6.07) is 0. The van der Waals surface area contributed by atoms with Crippen molar-refractivity contribution in [3.63, 3.8) is 0 Å². The summed E-state index contributed by atoms with van der Waals surface area (Å²) in [5.41, 5.74) is 4.74. The highest BCUT2D eigenvalue weighted by Gasteiger charge is 2.01. The van der Waals surface area contributed by atoms with E-state index in [1.807, 2.05) is 6.92 Å². The van der Waals surface area contributed by atoms with E-state index >= 15 is 0 Å². The van der Waals surface area contributed by atoms with E-state index in [0.717, 1.165) is 18.5 Å². The molecule has 0 amide bonds. The van der Waals surface area contributed by atoms with E-state index in [1.54, 1.807) is 0 Å². The molecule has 0 N–H and O–H groups in total. The van der Waals surface area contributed by atoms with E-state index in [4.69, 9.17) is 0 Å². The van der Waals surface area contributed by atoms with Gasteiger partial charge in [-0.2, -0.15) is 0 Å². The van der Waals surface area contributed by atoms with Crippen molar-refractivity contribution in [1.82, 2.24) is 4.90 Å². The van der Waals surface area contributed by atoms with Crippen molar-refractivity contribution in [2.75, 3.05) is 20.6 Å². The van der Waals surface area contributed by atoms with Crippen LogP contribution in [0.5, 0.6) is 0 Å². The molecule has 0 aromatic rings. The van der Waals surface area contributed by atoms with Crippen LogP contribution in [-0.4, -0.2) is 25.5 Å². The molecule has 0 aliphatic rings. The number of allylic oxidation sites excluding steroid dienone is 5. The van der Waals surface area contributed by atoms with Crippen LogP contribution in [0.15, 0.2) is 47.6 Å². The smallest absolute Gasteiger partial charge is 0.00157 e. The summed E-state index contributed by atoms with van der Waals surface area (Å²) in [6.45, 7) is 15.3. The molecule has 0 saturated carbocycles. The molecular weight excluding hydrogens is 194 g/mol. The van der Waals surface area contributed by atoms with Crippen LogP contribution in [0.3, 0.4) is 0 Å². The van der Waals surface area contributed by atoms with E-state index in [1.165, 1.54) is 16.7 Å². The van der Waals surface area contributed by atoms with Gasteiger partial charge in [-0.15, -0.1) is 0 Å². The minimum atomic E-state index is 0.996. The Morgan fingerprint density at radius 3 is 2.00 bits per heavy atom. The highest BCUT2D eigenvalue weighted by Crippen LogP contribution is 2.17. The number of hydrogen-bond donors (Lipinski definition) is 0. The van der Waals surface area contributed by atoms with E-state index < -0.39 is 0 Å². The molecule has 0 unspecified atom stereocenters. The third kappa shape index (κ3) is 7.24. The van der Waals surface area contributed by atoms with Gasteiger partial charge in [-0.25, -0.2) is 0 Å². The Kier molecular flexibility index (Phi) is 6.75. The lowest BCUT2D eigenvalue weighted by Gasteiger charge is -2.12. The Morgan fingerprint density at radius 1 is 1.06 bits per heavy atom. The van der Waals surface area contributed by atoms with E-state index in [0.29, 0.717) is 0 Å². The van der Waals surface area contributed by atoms with Gasteiger partial charge in [0.1, 0.15) is 0 Å². The lowest BCUT2D eigenvalue weighted by atomic mass is 10.0. The molecule has 0 bridgehead atoms. The summed E-state index contributed by atoms with van der Waals surface area (Å²) in [5, 5.41) is 0. The zero-order chi connectivity index (χ0) is 12.7. The van der Waals surface area contributed by atoms with E-state index in [2.05, 4.69) is 58.2 Å². The predicted molar refractivity (Wildman–Crippen MR) is 74.6 cm³/mol. The monoisotopic (exact) mass is 219 g/mol. The second kappa shape index (κ2) is 7.24. The first-order valence-corrected chi connectivity index (χ1v) is 5.68. The lowest BCUT2D eigenvalue weighted by Crippen LogP contribution is -2.13. The first kappa shape index (κ1) is 14.9. The van der Waals surface area contributed by atoms with Gasteiger partial charge in [0.25, 0.3) is 0 Å². The highest BCUT2D eigenvalue weighted by atomic mass is 15.0. The molecule has 0 radical (unpaired) electrons. The summed E-state index contributed by atoms with van der Waals surface area (Å²) in [6.07, 6.45) is 5.27. The number of nitrogens with zero attached hydrogens (tertiary/aromatic N) is 1. The van der Waals surface area contributed by atoms with Crippen LogP contribution < -0.4 is 0 Å². The number of hydrogen-bond acceptors (Lipinski definition) is 1. The van der Waals surface area contributed by atoms with Gasteiger partial charge in [0, 0.05) is 6.54 Å². The van der Waals surface area contributed by atoms with Gasteiger partial charge >= 0.3 is 0 Å². The molecule has 0 aliphatic heterocycles. The SMILES string of the molecule is C=C(C)/C=C(\C=C(C)C)C(=C)CCN(C)C. The van der Waals surface area contributed by atoms with Crippen molar-refractivity contribution >= 4 is 0 Å². The molecule has 0 aromatic carbocycles. The topological polar surface area (TPSA) is 3.24 Å². The molecule has 16 heavy (non-hydrogen) atoms. The van der Waals surface area contributed by atoms with Gasteiger partial charge in [0.15, 0.2) is 0 Å². The Morgan fingerprint density at radius 2 is 1.62 bits per heavy atom. The standard InChI is InChI=1S/C15H25N/c1-12(2)10-15(11-13(3)4)14(5)8-9-16(6)7/h10-11H,1,5,8-9H2,2-4,6-7H3/b15-10+. The van der Waals surface area contributed by atoms with Gasteiger partial charge in [-0.05, 0) is 52.4 Å². The molecule has 0 rings (SSSR count). The Bertz CT molecular complexity index is 312. The van der Waals surface area contributed by atoms with Crippen LogP contribution in [0.1, 0.15) is 27.2 Å². The first-order valence-electron chi connectivity index (χ1n) is 5.68. The highest BCUT2D eigenvalue weighted by molar-refractivity contribution is 5.43.